The topological polar surface area (TPSA) is 75.4 Å². The number of nitrogens with two attached hydrogens (primary N) is 1. The Balaban J connectivity index is 0.00000240. The van der Waals surface area contributed by atoms with Crippen molar-refractivity contribution in [3.8, 4) is 0 Å². The molecule has 0 spiro atoms. The average molecular weight is 422 g/mol. The maximum Gasteiger partial charge on any atom is 0.227 e. The Morgan fingerprint density at radius 2 is 1.97 bits per heavy atom. The largest absolute Gasteiger partial charge is 0.399 e. The number of nitrogens with zero attached hydrogens (tertiary/aromatic N) is 1. The minimum atomic E-state index is -0.812. The molecule has 2 aliphatic rings. The van der Waals surface area contributed by atoms with E-state index in [2.05, 4.69) is 5.32 Å². The highest BCUT2D eigenvalue weighted by Gasteiger charge is 2.37. The molecule has 8 heteroatoms. The standard InChI is InChI=1S/C21H21F2N3O2.ClH/c22-14-4-7-19(17(23)10-14)26-11-13(9-20(26)27)21(28)25-18-3-1-2-12-8-15(24)5-6-16(12)18;/h4-8,10,13,18H,1-3,9,11,24H2,(H,25,28);1H. The second-order valence-electron chi connectivity index (χ2n) is 7.41. The van der Waals surface area contributed by atoms with Crippen molar-refractivity contribution in [2.45, 2.75) is 31.7 Å². The third-order valence-electron chi connectivity index (χ3n) is 5.49. The predicted octanol–water partition coefficient (Wildman–Crippen LogP) is 3.52. The predicted molar refractivity (Wildman–Crippen MR) is 109 cm³/mol. The molecular formula is C21H22ClF2N3O2. The summed E-state index contributed by atoms with van der Waals surface area (Å²) in [6.07, 6.45) is 2.69. The molecule has 0 saturated carbocycles. The highest BCUT2D eigenvalue weighted by molar-refractivity contribution is 6.00. The summed E-state index contributed by atoms with van der Waals surface area (Å²) in [6.45, 7) is 0.0779. The van der Waals surface area contributed by atoms with Gasteiger partial charge >= 0.3 is 0 Å². The zero-order valence-corrected chi connectivity index (χ0v) is 16.5. The summed E-state index contributed by atoms with van der Waals surface area (Å²) >= 11 is 0. The summed E-state index contributed by atoms with van der Waals surface area (Å²) in [5, 5.41) is 3.04. The summed E-state index contributed by atoms with van der Waals surface area (Å²) in [7, 11) is 0. The first-order valence-electron chi connectivity index (χ1n) is 9.36. The van der Waals surface area contributed by atoms with Gasteiger partial charge in [-0.2, -0.15) is 0 Å². The lowest BCUT2D eigenvalue weighted by Crippen LogP contribution is -2.37. The SMILES string of the molecule is Cl.Nc1ccc2c(c1)CCCC2NC(=O)C1CC(=O)N(c2ccc(F)cc2F)C1. The molecule has 0 aromatic heterocycles. The lowest BCUT2D eigenvalue weighted by Gasteiger charge is -2.27. The lowest BCUT2D eigenvalue weighted by molar-refractivity contribution is -0.127. The summed E-state index contributed by atoms with van der Waals surface area (Å²) in [4.78, 5) is 26.3. The Kier molecular flexibility index (Phi) is 6.07. The Morgan fingerprint density at radius 3 is 2.72 bits per heavy atom. The molecule has 3 N–H and O–H groups in total. The van der Waals surface area contributed by atoms with Crippen LogP contribution in [0.15, 0.2) is 36.4 Å². The van der Waals surface area contributed by atoms with E-state index in [4.69, 9.17) is 5.73 Å². The van der Waals surface area contributed by atoms with Gasteiger partial charge < -0.3 is 16.0 Å². The van der Waals surface area contributed by atoms with Crippen molar-refractivity contribution < 1.29 is 18.4 Å². The van der Waals surface area contributed by atoms with Crippen molar-refractivity contribution in [3.05, 3.63) is 59.2 Å². The fourth-order valence-corrected chi connectivity index (χ4v) is 4.09. The van der Waals surface area contributed by atoms with E-state index in [1.54, 1.807) is 0 Å². The van der Waals surface area contributed by atoms with Gasteiger partial charge in [0, 0.05) is 24.7 Å². The molecule has 2 aromatic carbocycles. The van der Waals surface area contributed by atoms with Gasteiger partial charge in [-0.1, -0.05) is 6.07 Å². The molecule has 2 amide bonds. The van der Waals surface area contributed by atoms with Gasteiger partial charge in [0.15, 0.2) is 0 Å². The first kappa shape index (κ1) is 21.0. The van der Waals surface area contributed by atoms with E-state index < -0.39 is 17.6 Å². The van der Waals surface area contributed by atoms with Gasteiger partial charge in [0.25, 0.3) is 0 Å². The molecule has 0 bridgehead atoms. The van der Waals surface area contributed by atoms with E-state index in [1.165, 1.54) is 11.0 Å². The van der Waals surface area contributed by atoms with Gasteiger partial charge in [0.1, 0.15) is 11.6 Å². The zero-order valence-electron chi connectivity index (χ0n) is 15.7. The first-order chi connectivity index (χ1) is 13.4. The molecular weight excluding hydrogens is 400 g/mol. The molecule has 154 valence electrons. The van der Waals surface area contributed by atoms with Gasteiger partial charge in [0.2, 0.25) is 11.8 Å². The van der Waals surface area contributed by atoms with Crippen LogP contribution < -0.4 is 16.0 Å². The summed E-state index contributed by atoms with van der Waals surface area (Å²) in [5.74, 6) is -2.67. The Bertz CT molecular complexity index is 954. The normalized spacial score (nSPS) is 20.8. The number of nitrogens with one attached hydrogen (secondary N) is 1. The lowest BCUT2D eigenvalue weighted by atomic mass is 9.87. The van der Waals surface area contributed by atoms with Crippen molar-refractivity contribution in [2.24, 2.45) is 5.92 Å². The van der Waals surface area contributed by atoms with Crippen molar-refractivity contribution >= 4 is 35.6 Å². The number of hydrogen-bond donors (Lipinski definition) is 2. The van der Waals surface area contributed by atoms with E-state index in [-0.39, 0.29) is 48.9 Å². The molecule has 5 nitrogen and oxygen atoms in total. The number of halogens is 3. The Morgan fingerprint density at radius 1 is 1.17 bits per heavy atom. The van der Waals surface area contributed by atoms with Crippen LogP contribution in [0.4, 0.5) is 20.2 Å². The number of carbonyl (C=O) groups is 2. The molecule has 1 fully saturated rings. The molecule has 29 heavy (non-hydrogen) atoms. The highest BCUT2D eigenvalue weighted by Crippen LogP contribution is 2.33. The highest BCUT2D eigenvalue weighted by atomic mass is 35.5. The monoisotopic (exact) mass is 421 g/mol. The minimum Gasteiger partial charge on any atom is -0.399 e. The smallest absolute Gasteiger partial charge is 0.227 e. The van der Waals surface area contributed by atoms with Crippen LogP contribution in [0.1, 0.15) is 36.4 Å². The number of carbonyl (C=O) groups excluding carboxylic acids is 2. The molecule has 1 aliphatic heterocycles. The number of amides is 2. The van der Waals surface area contributed by atoms with E-state index in [1.807, 2.05) is 18.2 Å². The van der Waals surface area contributed by atoms with Crippen LogP contribution in [0, 0.1) is 17.6 Å². The van der Waals surface area contributed by atoms with Crippen LogP contribution in [0.5, 0.6) is 0 Å². The third kappa shape index (κ3) is 4.19. The van der Waals surface area contributed by atoms with Gasteiger partial charge in [-0.05, 0) is 54.7 Å². The van der Waals surface area contributed by atoms with E-state index in [0.29, 0.717) is 5.69 Å². The second kappa shape index (κ2) is 8.37. The molecule has 1 heterocycles. The Hall–Kier alpha value is -2.67. The average Bonchev–Trinajstić information content (AvgIpc) is 3.03. The number of aryl methyl sites for hydroxylation is 1. The molecule has 2 aromatic rings. The van der Waals surface area contributed by atoms with Crippen molar-refractivity contribution in [3.63, 3.8) is 0 Å². The fourth-order valence-electron chi connectivity index (χ4n) is 4.09. The van der Waals surface area contributed by atoms with Gasteiger partial charge in [-0.15, -0.1) is 12.4 Å². The number of fused-ring (bicyclic) bond motifs is 1. The van der Waals surface area contributed by atoms with Crippen LogP contribution in [0.2, 0.25) is 0 Å². The van der Waals surface area contributed by atoms with Gasteiger partial charge in [0.05, 0.1) is 17.6 Å². The van der Waals surface area contributed by atoms with E-state index in [0.717, 1.165) is 42.5 Å². The zero-order chi connectivity index (χ0) is 19.8. The van der Waals surface area contributed by atoms with Crippen LogP contribution in [-0.2, 0) is 16.0 Å². The minimum absolute atomic E-state index is 0. The maximum absolute atomic E-state index is 14.0. The number of anilines is 2. The summed E-state index contributed by atoms with van der Waals surface area (Å²) in [6, 6.07) is 8.64. The molecule has 2 atom stereocenters. The van der Waals surface area contributed by atoms with E-state index in [9.17, 15) is 18.4 Å². The third-order valence-corrected chi connectivity index (χ3v) is 5.49. The second-order valence-corrected chi connectivity index (χ2v) is 7.41. The van der Waals surface area contributed by atoms with E-state index >= 15 is 0 Å². The number of benzene rings is 2. The summed E-state index contributed by atoms with van der Waals surface area (Å²) < 4.78 is 27.2. The maximum atomic E-state index is 14.0. The van der Waals surface area contributed by atoms with Crippen LogP contribution in [-0.4, -0.2) is 18.4 Å². The number of hydrogen-bond acceptors (Lipinski definition) is 3. The van der Waals surface area contributed by atoms with Crippen LogP contribution in [0.25, 0.3) is 0 Å². The quantitative estimate of drug-likeness (QED) is 0.744. The molecule has 1 aliphatic carbocycles. The number of nitrogen functional groups attached to an aromatic ring is 1. The van der Waals surface area contributed by atoms with Crippen LogP contribution >= 0.6 is 12.4 Å². The molecule has 2 unspecified atom stereocenters. The van der Waals surface area contributed by atoms with Crippen LogP contribution in [0.3, 0.4) is 0 Å². The molecule has 4 rings (SSSR count). The van der Waals surface area contributed by atoms with Crippen molar-refractivity contribution in [1.82, 2.24) is 5.32 Å². The van der Waals surface area contributed by atoms with Gasteiger partial charge in [-0.25, -0.2) is 8.78 Å². The number of rotatable bonds is 3. The Labute approximate surface area is 173 Å². The van der Waals surface area contributed by atoms with Gasteiger partial charge in [-0.3, -0.25) is 9.59 Å². The fraction of sp³-hybridized carbons (Fsp3) is 0.333. The first-order valence-corrected chi connectivity index (χ1v) is 9.36. The molecule has 0 radical (unpaired) electrons. The van der Waals surface area contributed by atoms with Crippen molar-refractivity contribution in [2.75, 3.05) is 17.2 Å². The van der Waals surface area contributed by atoms with Crippen molar-refractivity contribution in [1.29, 1.82) is 0 Å². The summed E-state index contributed by atoms with van der Waals surface area (Å²) in [5.41, 5.74) is 8.74. The molecule has 1 saturated heterocycles.